The molecule has 4 nitrogen and oxygen atoms in total. The molecule has 0 unspecified atom stereocenters. The molecule has 2 heterocycles. The molecule has 4 aromatic rings. The highest BCUT2D eigenvalue weighted by atomic mass is 35.5. The number of hydrogen-bond donors (Lipinski definition) is 1. The highest BCUT2D eigenvalue weighted by Crippen LogP contribution is 2.32. The van der Waals surface area contributed by atoms with Crippen LogP contribution in [0.1, 0.15) is 101 Å². The molecule has 196 valence electrons. The second-order valence-corrected chi connectivity index (χ2v) is 10.2. The fourth-order valence-electron chi connectivity index (χ4n) is 4.48. The monoisotopic (exact) mass is 528 g/mol. The van der Waals surface area contributed by atoms with E-state index in [0.717, 1.165) is 0 Å². The maximum absolute atomic E-state index is 2.81. The molecular formula is C30H42Cl2N4. The zero-order valence-electron chi connectivity index (χ0n) is 22.9. The molecule has 0 spiro atoms. The number of hydrogen-bond acceptors (Lipinski definition) is 0. The Morgan fingerprint density at radius 2 is 1.19 bits per heavy atom. The van der Waals surface area contributed by atoms with Crippen molar-refractivity contribution < 1.29 is 34.4 Å². The first kappa shape index (κ1) is 31.5. The third-order valence-electron chi connectivity index (χ3n) is 6.28. The van der Waals surface area contributed by atoms with Gasteiger partial charge >= 0.3 is 0 Å². The summed E-state index contributed by atoms with van der Waals surface area (Å²) in [6, 6.07) is 13.5. The lowest BCUT2D eigenvalue weighted by molar-refractivity contribution is -0.596. The second-order valence-electron chi connectivity index (χ2n) is 10.2. The third kappa shape index (κ3) is 7.24. The Hall–Kier alpha value is -2.56. The standard InChI is InChI=1S/C27H37N2.C3H4N2.2ClH/c1-18(2)22-11-9-12-23(19(3)4)26(22)28-15-16-29(17-28)27-24(20(5)6)13-10-14-25(27)21(7)8;1-2-5-3-4-1;;/h9-21H,1-8H3;1-3H,(H,4,5);2*1H/q+1;;;/p-1. The molecule has 0 saturated carbocycles. The summed E-state index contributed by atoms with van der Waals surface area (Å²) in [6.07, 6.45) is 12.1. The van der Waals surface area contributed by atoms with Crippen LogP contribution in [-0.4, -0.2) is 9.55 Å². The highest BCUT2D eigenvalue weighted by Gasteiger charge is 2.23. The van der Waals surface area contributed by atoms with E-state index in [1.807, 2.05) is 12.4 Å². The van der Waals surface area contributed by atoms with Gasteiger partial charge in [0.15, 0.2) is 0 Å². The molecular weight excluding hydrogens is 487 g/mol. The van der Waals surface area contributed by atoms with Crippen LogP contribution < -0.4 is 34.4 Å². The van der Waals surface area contributed by atoms with Gasteiger partial charge in [0.1, 0.15) is 36.2 Å². The van der Waals surface area contributed by atoms with Crippen LogP contribution in [0, 0.1) is 0 Å². The fraction of sp³-hybridized carbons (Fsp3) is 0.400. The quantitative estimate of drug-likeness (QED) is 0.364. The van der Waals surface area contributed by atoms with Crippen molar-refractivity contribution in [1.82, 2.24) is 9.55 Å². The van der Waals surface area contributed by atoms with Crippen LogP contribution in [0.25, 0.3) is 11.4 Å². The number of rotatable bonds is 6. The predicted octanol–water partition coefficient (Wildman–Crippen LogP) is 1.08. The van der Waals surface area contributed by atoms with Crippen LogP contribution in [0.3, 0.4) is 0 Å². The Morgan fingerprint density at radius 1 is 0.722 bits per heavy atom. The number of imidazole rings is 2. The smallest absolute Gasteiger partial charge is 0.254 e. The Balaban J connectivity index is 0.000000826. The zero-order chi connectivity index (χ0) is 24.8. The summed E-state index contributed by atoms with van der Waals surface area (Å²) in [5.74, 6) is 1.92. The van der Waals surface area contributed by atoms with Crippen molar-refractivity contribution >= 4 is 0 Å². The summed E-state index contributed by atoms with van der Waals surface area (Å²) in [4.78, 5) is 5.61. The number of H-pyrrole nitrogens is 2. The van der Waals surface area contributed by atoms with E-state index in [1.165, 1.54) is 33.6 Å². The average molecular weight is 530 g/mol. The molecule has 0 amide bonds. The van der Waals surface area contributed by atoms with E-state index in [2.05, 4.69) is 130 Å². The minimum absolute atomic E-state index is 0. The molecule has 2 aromatic heterocycles. The van der Waals surface area contributed by atoms with E-state index in [1.54, 1.807) is 6.33 Å². The Bertz CT molecular complexity index is 1030. The van der Waals surface area contributed by atoms with Crippen LogP contribution in [0.2, 0.25) is 0 Å². The van der Waals surface area contributed by atoms with E-state index < -0.39 is 0 Å². The molecule has 0 saturated heterocycles. The van der Waals surface area contributed by atoms with Crippen molar-refractivity contribution in [2.45, 2.75) is 79.1 Å². The largest absolute Gasteiger partial charge is 1.00 e. The van der Waals surface area contributed by atoms with Gasteiger partial charge in [-0.2, -0.15) is 0 Å². The van der Waals surface area contributed by atoms with Crippen LogP contribution >= 0.6 is 0 Å². The van der Waals surface area contributed by atoms with E-state index in [-0.39, 0.29) is 24.8 Å². The fourth-order valence-corrected chi connectivity index (χ4v) is 4.48. The van der Waals surface area contributed by atoms with Crippen LogP contribution in [0.15, 0.2) is 73.8 Å². The number of halogens is 2. The molecule has 36 heavy (non-hydrogen) atoms. The van der Waals surface area contributed by atoms with Crippen molar-refractivity contribution in [2.75, 3.05) is 0 Å². The number of para-hydroxylation sites is 2. The van der Waals surface area contributed by atoms with E-state index in [9.17, 15) is 0 Å². The average Bonchev–Trinajstić information content (AvgIpc) is 3.53. The molecule has 2 N–H and O–H groups in total. The van der Waals surface area contributed by atoms with Gasteiger partial charge in [0, 0.05) is 22.3 Å². The van der Waals surface area contributed by atoms with Crippen LogP contribution in [0.4, 0.5) is 0 Å². The van der Waals surface area contributed by atoms with E-state index in [4.69, 9.17) is 0 Å². The van der Waals surface area contributed by atoms with Gasteiger partial charge in [-0.15, -0.1) is 0 Å². The topological polar surface area (TPSA) is 38.7 Å². The van der Waals surface area contributed by atoms with E-state index >= 15 is 0 Å². The lowest BCUT2D eigenvalue weighted by atomic mass is 9.92. The Morgan fingerprint density at radius 3 is 1.56 bits per heavy atom. The number of aromatic nitrogens is 4. The first-order valence-corrected chi connectivity index (χ1v) is 12.6. The summed E-state index contributed by atoms with van der Waals surface area (Å²) in [5.41, 5.74) is 8.29. The molecule has 0 fully saturated rings. The Labute approximate surface area is 230 Å². The van der Waals surface area contributed by atoms with Gasteiger partial charge in [0.05, 0.1) is 0 Å². The lowest BCUT2D eigenvalue weighted by Gasteiger charge is -2.17. The summed E-state index contributed by atoms with van der Waals surface area (Å²) in [5, 5.41) is 0. The number of nitrogens with zero attached hydrogens (tertiary/aromatic N) is 2. The van der Waals surface area contributed by atoms with Crippen molar-refractivity contribution in [1.29, 1.82) is 0 Å². The summed E-state index contributed by atoms with van der Waals surface area (Å²) in [7, 11) is 0. The molecule has 0 radical (unpaired) electrons. The van der Waals surface area contributed by atoms with Gasteiger partial charge < -0.3 is 24.8 Å². The van der Waals surface area contributed by atoms with Crippen LogP contribution in [0.5, 0.6) is 0 Å². The number of benzene rings is 2. The van der Waals surface area contributed by atoms with E-state index in [0.29, 0.717) is 23.7 Å². The van der Waals surface area contributed by atoms with Crippen LogP contribution in [-0.2, 0) is 0 Å². The summed E-state index contributed by atoms with van der Waals surface area (Å²) >= 11 is 0. The zero-order valence-corrected chi connectivity index (χ0v) is 24.4. The van der Waals surface area contributed by atoms with Gasteiger partial charge in [-0.3, -0.25) is 9.97 Å². The first-order valence-electron chi connectivity index (χ1n) is 12.6. The molecule has 6 heteroatoms. The molecule has 0 atom stereocenters. The van der Waals surface area contributed by atoms with Gasteiger partial charge in [-0.25, -0.2) is 9.13 Å². The van der Waals surface area contributed by atoms with Gasteiger partial charge in [-0.05, 0) is 23.7 Å². The Kier molecular flexibility index (Phi) is 12.5. The molecule has 4 rings (SSSR count). The molecule has 0 aliphatic rings. The summed E-state index contributed by atoms with van der Waals surface area (Å²) < 4.78 is 4.65. The second kappa shape index (κ2) is 14.2. The van der Waals surface area contributed by atoms with Crippen molar-refractivity contribution in [2.24, 2.45) is 0 Å². The lowest BCUT2D eigenvalue weighted by Crippen LogP contribution is -3.00. The molecule has 0 aliphatic carbocycles. The number of aromatic amines is 2. The van der Waals surface area contributed by atoms with Crippen molar-refractivity contribution in [3.8, 4) is 11.4 Å². The third-order valence-corrected chi connectivity index (χ3v) is 6.28. The van der Waals surface area contributed by atoms with Crippen molar-refractivity contribution in [3.63, 3.8) is 0 Å². The first-order chi connectivity index (χ1) is 16.2. The molecule has 0 aliphatic heterocycles. The maximum Gasteiger partial charge on any atom is 0.254 e. The molecule has 0 bridgehead atoms. The number of nitrogens with one attached hydrogen (secondary N) is 2. The maximum atomic E-state index is 2.81. The van der Waals surface area contributed by atoms with Gasteiger partial charge in [0.2, 0.25) is 6.33 Å². The van der Waals surface area contributed by atoms with Crippen molar-refractivity contribution in [3.05, 3.63) is 96.1 Å². The van der Waals surface area contributed by atoms with Gasteiger partial charge in [-0.1, -0.05) is 91.8 Å². The SMILES string of the molecule is CC(C)c1cccc(C(C)C)c1-n1cc[n+](-c2c(C(C)C)cccc2C(C)C)c1.[Cl-].[Cl-].c1c[nH+]c[nH]1. The predicted molar refractivity (Wildman–Crippen MR) is 141 cm³/mol. The minimum atomic E-state index is 0. The highest BCUT2D eigenvalue weighted by molar-refractivity contribution is 5.51. The van der Waals surface area contributed by atoms with Gasteiger partial charge in [0.25, 0.3) is 6.33 Å². The molecule has 2 aromatic carbocycles. The minimum Gasteiger partial charge on any atom is -1.00 e. The normalized spacial score (nSPS) is 10.8. The summed E-state index contributed by atoms with van der Waals surface area (Å²) in [6.45, 7) is 18.3.